The molecule has 1 aliphatic carbocycles. The van der Waals surface area contributed by atoms with Crippen LogP contribution < -0.4 is 0 Å². The van der Waals surface area contributed by atoms with Gasteiger partial charge in [-0.25, -0.2) is 9.48 Å². The van der Waals surface area contributed by atoms with Crippen LogP contribution in [0.2, 0.25) is 0 Å². The highest BCUT2D eigenvalue weighted by Gasteiger charge is 2.37. The van der Waals surface area contributed by atoms with Gasteiger partial charge in [-0.15, -0.1) is 5.10 Å². The Kier molecular flexibility index (Phi) is 4.08. The van der Waals surface area contributed by atoms with Crippen LogP contribution in [0.1, 0.15) is 72.0 Å². The Morgan fingerprint density at radius 3 is 2.19 bits per heavy atom. The number of nitrogens with zero attached hydrogens (tertiary/aromatic N) is 4. The van der Waals surface area contributed by atoms with Crippen LogP contribution in [-0.2, 0) is 10.3 Å². The molecule has 6 nitrogen and oxygen atoms in total. The lowest BCUT2D eigenvalue weighted by Crippen LogP contribution is -2.39. The molecule has 6 heteroatoms. The fraction of sp³-hybridized carbons (Fsp3) is 0.867. The van der Waals surface area contributed by atoms with Crippen LogP contribution in [0.15, 0.2) is 0 Å². The van der Waals surface area contributed by atoms with Crippen molar-refractivity contribution < 1.29 is 9.90 Å². The van der Waals surface area contributed by atoms with Crippen molar-refractivity contribution in [1.29, 1.82) is 0 Å². The van der Waals surface area contributed by atoms with Gasteiger partial charge in [-0.05, 0) is 61.3 Å². The maximum atomic E-state index is 11.4. The molecular weight excluding hydrogens is 268 g/mol. The van der Waals surface area contributed by atoms with E-state index in [4.69, 9.17) is 0 Å². The van der Waals surface area contributed by atoms with Crippen molar-refractivity contribution in [3.63, 3.8) is 0 Å². The zero-order valence-corrected chi connectivity index (χ0v) is 13.6. The lowest BCUT2D eigenvalue weighted by atomic mass is 9.69. The van der Waals surface area contributed by atoms with Crippen LogP contribution in [0, 0.1) is 11.3 Å². The van der Waals surface area contributed by atoms with E-state index in [0.29, 0.717) is 11.3 Å². The van der Waals surface area contributed by atoms with Gasteiger partial charge in [0.2, 0.25) is 0 Å². The standard InChI is InChI=1S/C15H26N4O2/c1-14(2,3)11-8-6-10(7-9-11)12-16-17-18-19(12)15(4,5)13(20)21/h10-11H,6-9H2,1-5H3,(H,20,21). The average molecular weight is 294 g/mol. The molecule has 0 atom stereocenters. The zero-order chi connectivity index (χ0) is 15.8. The molecule has 1 aromatic rings. The second kappa shape index (κ2) is 5.39. The van der Waals surface area contributed by atoms with Crippen molar-refractivity contribution in [2.45, 2.75) is 71.8 Å². The van der Waals surface area contributed by atoms with Gasteiger partial charge in [0.05, 0.1) is 0 Å². The average Bonchev–Trinajstić information content (AvgIpc) is 2.87. The summed E-state index contributed by atoms with van der Waals surface area (Å²) in [4.78, 5) is 11.4. The molecule has 1 aliphatic rings. The summed E-state index contributed by atoms with van der Waals surface area (Å²) < 4.78 is 1.48. The maximum absolute atomic E-state index is 11.4. The summed E-state index contributed by atoms with van der Waals surface area (Å²) in [7, 11) is 0. The molecular formula is C15H26N4O2. The molecule has 0 saturated heterocycles. The van der Waals surface area contributed by atoms with Crippen LogP contribution in [0.5, 0.6) is 0 Å². The fourth-order valence-electron chi connectivity index (χ4n) is 3.15. The molecule has 0 radical (unpaired) electrons. The second-order valence-electron chi connectivity index (χ2n) is 7.73. The second-order valence-corrected chi connectivity index (χ2v) is 7.73. The highest BCUT2D eigenvalue weighted by Crippen LogP contribution is 2.43. The molecule has 0 aromatic carbocycles. The molecule has 0 amide bonds. The third-order valence-electron chi connectivity index (χ3n) is 4.86. The number of carboxylic acid groups (broad SMARTS) is 1. The van der Waals surface area contributed by atoms with Crippen molar-refractivity contribution in [3.05, 3.63) is 5.82 Å². The summed E-state index contributed by atoms with van der Waals surface area (Å²) in [5, 5.41) is 21.1. The summed E-state index contributed by atoms with van der Waals surface area (Å²) in [5.41, 5.74) is -0.781. The SMILES string of the molecule is CC(C)(C)C1CCC(c2nnnn2C(C)(C)C(=O)O)CC1. The van der Waals surface area contributed by atoms with Crippen LogP contribution in [0.4, 0.5) is 0 Å². The predicted molar refractivity (Wildman–Crippen MR) is 78.9 cm³/mol. The third kappa shape index (κ3) is 3.09. The van der Waals surface area contributed by atoms with E-state index in [1.165, 1.54) is 4.68 Å². The van der Waals surface area contributed by atoms with E-state index in [1.54, 1.807) is 13.8 Å². The van der Waals surface area contributed by atoms with E-state index in [-0.39, 0.29) is 5.92 Å². The number of aromatic nitrogens is 4. The molecule has 2 rings (SSSR count). The Morgan fingerprint density at radius 1 is 1.14 bits per heavy atom. The summed E-state index contributed by atoms with van der Waals surface area (Å²) in [6.45, 7) is 10.1. The number of carboxylic acids is 1. The van der Waals surface area contributed by atoms with E-state index >= 15 is 0 Å². The maximum Gasteiger partial charge on any atom is 0.331 e. The molecule has 0 spiro atoms. The monoisotopic (exact) mass is 294 g/mol. The van der Waals surface area contributed by atoms with E-state index in [1.807, 2.05) is 0 Å². The molecule has 1 saturated carbocycles. The first-order chi connectivity index (χ1) is 9.64. The van der Waals surface area contributed by atoms with E-state index in [2.05, 4.69) is 36.3 Å². The number of hydrogen-bond donors (Lipinski definition) is 1. The van der Waals surface area contributed by atoms with Gasteiger partial charge in [0, 0.05) is 5.92 Å². The first-order valence-corrected chi connectivity index (χ1v) is 7.66. The zero-order valence-electron chi connectivity index (χ0n) is 13.6. The van der Waals surface area contributed by atoms with Crippen LogP contribution in [0.25, 0.3) is 0 Å². The summed E-state index contributed by atoms with van der Waals surface area (Å²) in [6.07, 6.45) is 4.35. The van der Waals surface area contributed by atoms with Gasteiger partial charge in [-0.3, -0.25) is 0 Å². The van der Waals surface area contributed by atoms with Crippen molar-refractivity contribution >= 4 is 5.97 Å². The van der Waals surface area contributed by atoms with Gasteiger partial charge in [-0.2, -0.15) is 0 Å². The smallest absolute Gasteiger partial charge is 0.331 e. The van der Waals surface area contributed by atoms with Gasteiger partial charge >= 0.3 is 5.97 Å². The molecule has 1 N–H and O–H groups in total. The molecule has 0 unspecified atom stereocenters. The van der Waals surface area contributed by atoms with Crippen LogP contribution >= 0.6 is 0 Å². The van der Waals surface area contributed by atoms with Crippen molar-refractivity contribution in [2.75, 3.05) is 0 Å². The lowest BCUT2D eigenvalue weighted by molar-refractivity contribution is -0.146. The Hall–Kier alpha value is -1.46. The molecule has 118 valence electrons. The number of tetrazole rings is 1. The van der Waals surface area contributed by atoms with Crippen LogP contribution in [-0.4, -0.2) is 31.3 Å². The molecule has 0 bridgehead atoms. The van der Waals surface area contributed by atoms with E-state index < -0.39 is 11.5 Å². The van der Waals surface area contributed by atoms with E-state index in [0.717, 1.165) is 31.5 Å². The number of carbonyl (C=O) groups is 1. The minimum atomic E-state index is -1.11. The first-order valence-electron chi connectivity index (χ1n) is 7.66. The quantitative estimate of drug-likeness (QED) is 0.927. The highest BCUT2D eigenvalue weighted by atomic mass is 16.4. The topological polar surface area (TPSA) is 80.9 Å². The Morgan fingerprint density at radius 2 is 1.71 bits per heavy atom. The molecule has 21 heavy (non-hydrogen) atoms. The Bertz CT molecular complexity index is 508. The third-order valence-corrected chi connectivity index (χ3v) is 4.86. The van der Waals surface area contributed by atoms with Gasteiger partial charge < -0.3 is 5.11 Å². The molecule has 0 aliphatic heterocycles. The Labute approximate surface area is 125 Å². The van der Waals surface area contributed by atoms with Gasteiger partial charge in [0.1, 0.15) is 0 Å². The minimum absolute atomic E-state index is 0.261. The van der Waals surface area contributed by atoms with Gasteiger partial charge in [0.15, 0.2) is 11.4 Å². The summed E-state index contributed by atoms with van der Waals surface area (Å²) in [6, 6.07) is 0. The number of hydrogen-bond acceptors (Lipinski definition) is 4. The predicted octanol–water partition coefficient (Wildman–Crippen LogP) is 2.81. The minimum Gasteiger partial charge on any atom is -0.479 e. The van der Waals surface area contributed by atoms with Crippen LogP contribution in [0.3, 0.4) is 0 Å². The molecule has 1 aromatic heterocycles. The summed E-state index contributed by atoms with van der Waals surface area (Å²) in [5.74, 6) is 0.775. The largest absolute Gasteiger partial charge is 0.479 e. The number of aliphatic carboxylic acids is 1. The molecule has 1 fully saturated rings. The fourth-order valence-corrected chi connectivity index (χ4v) is 3.15. The highest BCUT2D eigenvalue weighted by molar-refractivity contribution is 5.75. The normalized spacial score (nSPS) is 24.0. The summed E-state index contributed by atoms with van der Waals surface area (Å²) >= 11 is 0. The van der Waals surface area contributed by atoms with Crippen molar-refractivity contribution in [3.8, 4) is 0 Å². The lowest BCUT2D eigenvalue weighted by Gasteiger charge is -2.37. The number of rotatable bonds is 3. The van der Waals surface area contributed by atoms with Gasteiger partial charge in [-0.1, -0.05) is 20.8 Å². The van der Waals surface area contributed by atoms with E-state index in [9.17, 15) is 9.90 Å². The van der Waals surface area contributed by atoms with Gasteiger partial charge in [0.25, 0.3) is 0 Å². The van der Waals surface area contributed by atoms with Crippen molar-refractivity contribution in [1.82, 2.24) is 20.2 Å². The first kappa shape index (κ1) is 15.9. The molecule has 1 heterocycles. The Balaban J connectivity index is 2.16. The van der Waals surface area contributed by atoms with Crippen molar-refractivity contribution in [2.24, 2.45) is 11.3 Å².